The van der Waals surface area contributed by atoms with Crippen molar-refractivity contribution in [3.8, 4) is 0 Å². The van der Waals surface area contributed by atoms with E-state index in [0.717, 1.165) is 75.9 Å². The van der Waals surface area contributed by atoms with Crippen molar-refractivity contribution in [3.63, 3.8) is 0 Å². The van der Waals surface area contributed by atoms with Gasteiger partial charge in [0, 0.05) is 26.4 Å². The van der Waals surface area contributed by atoms with Gasteiger partial charge < -0.3 is 34.2 Å². The van der Waals surface area contributed by atoms with Crippen molar-refractivity contribution in [2.75, 3.05) is 26.4 Å². The normalized spacial score (nSPS) is 40.1. The minimum atomic E-state index is -2.25. The Morgan fingerprint density at radius 1 is 0.474 bits per heavy atom. The molecule has 5 atom stereocenters. The third kappa shape index (κ3) is 10.4. The summed E-state index contributed by atoms with van der Waals surface area (Å²) in [4.78, 5) is 0. The van der Waals surface area contributed by atoms with Crippen LogP contribution in [-0.2, 0) is 34.2 Å². The molecule has 0 aliphatic carbocycles. The van der Waals surface area contributed by atoms with Gasteiger partial charge in [0.25, 0.3) is 0 Å². The van der Waals surface area contributed by atoms with Crippen LogP contribution >= 0.6 is 0 Å². The van der Waals surface area contributed by atoms with Crippen LogP contribution < -0.4 is 0 Å². The van der Waals surface area contributed by atoms with E-state index in [1.54, 1.807) is 0 Å². The summed E-state index contributed by atoms with van der Waals surface area (Å²) < 4.78 is 51.2. The Balaban J connectivity index is 1.61. The molecule has 226 valence electrons. The summed E-state index contributed by atoms with van der Waals surface area (Å²) in [6, 6.07) is 4.86. The van der Waals surface area contributed by atoms with E-state index in [4.69, 9.17) is 34.2 Å². The van der Waals surface area contributed by atoms with Crippen molar-refractivity contribution in [2.45, 2.75) is 129 Å². The van der Waals surface area contributed by atoms with Crippen LogP contribution in [0.4, 0.5) is 0 Å². The lowest BCUT2D eigenvalue weighted by atomic mass is 10.4. The summed E-state index contributed by atoms with van der Waals surface area (Å²) in [5.41, 5.74) is 0.423. The lowest BCUT2D eigenvalue weighted by molar-refractivity contribution is 0.0815. The molecule has 2 saturated heterocycles. The zero-order valence-corrected chi connectivity index (χ0v) is 32.3. The summed E-state index contributed by atoms with van der Waals surface area (Å²) in [5.74, 6) is 0. The molecule has 2 aliphatic heterocycles. The molecule has 5 unspecified atom stereocenters. The molecule has 0 aromatic rings. The first-order valence-corrected chi connectivity index (χ1v) is 29.9. The Hall–Kier alpha value is 0.981. The van der Waals surface area contributed by atoms with Gasteiger partial charge in [-0.15, -0.1) is 0 Å². The lowest BCUT2D eigenvalue weighted by Crippen LogP contribution is -2.68. The molecule has 2 aliphatic rings. The molecule has 2 rings (SSSR count). The van der Waals surface area contributed by atoms with Gasteiger partial charge in [0.05, 0.1) is 0 Å². The minimum absolute atomic E-state index is 0.423. The number of rotatable bonds is 16. The first-order chi connectivity index (χ1) is 17.6. The van der Waals surface area contributed by atoms with Crippen molar-refractivity contribution < 1.29 is 34.2 Å². The molecule has 0 saturated carbocycles. The van der Waals surface area contributed by atoms with Crippen LogP contribution in [0.5, 0.6) is 0 Å². The zero-order valence-electron chi connectivity index (χ0n) is 26.3. The summed E-state index contributed by atoms with van der Waals surface area (Å²) in [6.07, 6.45) is 2.84. The highest BCUT2D eigenvalue weighted by Crippen LogP contribution is 2.40. The summed E-state index contributed by atoms with van der Waals surface area (Å²) in [6.45, 7) is 27.2. The maximum atomic E-state index is 6.66. The van der Waals surface area contributed by atoms with Gasteiger partial charge in [-0.25, -0.2) is 0 Å². The second-order valence-electron chi connectivity index (χ2n) is 12.3. The average molecular weight is 643 g/mol. The SMILES string of the molecule is CC[Si]1(C)O[Si](C)(CC)O[Si](C)(CCCOCCCOCCC[Si]2(C)O[Si](C)(CC)O[Si](C)(C(C)C)O2)O1. The van der Waals surface area contributed by atoms with Crippen molar-refractivity contribution in [2.24, 2.45) is 0 Å². The molecule has 2 heterocycles. The maximum absolute atomic E-state index is 6.66. The van der Waals surface area contributed by atoms with Gasteiger partial charge in [-0.3, -0.25) is 0 Å². The number of hydrogen-bond donors (Lipinski definition) is 0. The Kier molecular flexibility index (Phi) is 13.4. The fourth-order valence-corrected chi connectivity index (χ4v) is 38.4. The van der Waals surface area contributed by atoms with Crippen molar-refractivity contribution >= 4 is 51.4 Å². The molecule has 0 N–H and O–H groups in total. The minimum Gasteiger partial charge on any atom is -0.416 e. The molecule has 8 nitrogen and oxygen atoms in total. The first-order valence-electron chi connectivity index (χ1n) is 14.9. The molecular weight excluding hydrogens is 585 g/mol. The third-order valence-corrected chi connectivity index (χ3v) is 36.9. The van der Waals surface area contributed by atoms with E-state index in [-0.39, 0.29) is 0 Å². The molecule has 14 heteroatoms. The van der Waals surface area contributed by atoms with Crippen LogP contribution in [0, 0.1) is 0 Å². The smallest absolute Gasteiger partial charge is 0.320 e. The van der Waals surface area contributed by atoms with E-state index in [1.807, 2.05) is 0 Å². The molecular formula is C24H58O8Si6. The van der Waals surface area contributed by atoms with Crippen LogP contribution in [0.1, 0.15) is 53.9 Å². The van der Waals surface area contributed by atoms with Crippen LogP contribution in [0.25, 0.3) is 0 Å². The fraction of sp³-hybridized carbons (Fsp3) is 1.00. The fourth-order valence-electron chi connectivity index (χ4n) is 5.14. The molecule has 0 radical (unpaired) electrons. The van der Waals surface area contributed by atoms with Gasteiger partial charge in [0.1, 0.15) is 0 Å². The van der Waals surface area contributed by atoms with E-state index in [1.165, 1.54) is 0 Å². The number of hydrogen-bond acceptors (Lipinski definition) is 8. The van der Waals surface area contributed by atoms with E-state index >= 15 is 0 Å². The Morgan fingerprint density at radius 2 is 0.789 bits per heavy atom. The van der Waals surface area contributed by atoms with Gasteiger partial charge >= 0.3 is 51.4 Å². The van der Waals surface area contributed by atoms with E-state index in [2.05, 4.69) is 73.9 Å². The van der Waals surface area contributed by atoms with Crippen molar-refractivity contribution in [1.82, 2.24) is 0 Å². The van der Waals surface area contributed by atoms with Crippen LogP contribution in [-0.4, -0.2) is 77.8 Å². The Labute approximate surface area is 240 Å². The molecule has 0 amide bonds. The molecule has 0 aromatic heterocycles. The van der Waals surface area contributed by atoms with E-state index < -0.39 is 51.4 Å². The lowest BCUT2D eigenvalue weighted by Gasteiger charge is -2.51. The first kappa shape index (κ1) is 35.2. The average Bonchev–Trinajstić information content (AvgIpc) is 2.81. The standard InChI is InChI=1S/C24H58O8Si6/c1-12-33(6)27-34(7,13-2)29-36(9,28-33)22-16-20-25-18-15-19-26-21-17-23-37(10)30-35(8,14-3)31-38(11,32-37)24(4)5/h24H,12-23H2,1-11H3. The highest BCUT2D eigenvalue weighted by Gasteiger charge is 2.57. The summed E-state index contributed by atoms with van der Waals surface area (Å²) >= 11 is 0. The molecule has 0 spiro atoms. The second kappa shape index (κ2) is 14.4. The highest BCUT2D eigenvalue weighted by molar-refractivity contribution is 6.94. The molecule has 2 fully saturated rings. The molecule has 0 aromatic carbocycles. The Bertz CT molecular complexity index is 722. The topological polar surface area (TPSA) is 73.8 Å². The van der Waals surface area contributed by atoms with Gasteiger partial charge in [0.2, 0.25) is 0 Å². The van der Waals surface area contributed by atoms with Crippen LogP contribution in [0.15, 0.2) is 0 Å². The van der Waals surface area contributed by atoms with Crippen molar-refractivity contribution in [1.29, 1.82) is 0 Å². The van der Waals surface area contributed by atoms with Gasteiger partial charge in [0.15, 0.2) is 0 Å². The summed E-state index contributed by atoms with van der Waals surface area (Å²) in [7, 11) is -13.1. The van der Waals surface area contributed by atoms with Gasteiger partial charge in [-0.2, -0.15) is 0 Å². The quantitative estimate of drug-likeness (QED) is 0.129. The largest absolute Gasteiger partial charge is 0.416 e. The molecule has 0 bridgehead atoms. The zero-order chi connectivity index (χ0) is 28.7. The van der Waals surface area contributed by atoms with Crippen LogP contribution in [0.3, 0.4) is 0 Å². The van der Waals surface area contributed by atoms with E-state index in [9.17, 15) is 0 Å². The summed E-state index contributed by atoms with van der Waals surface area (Å²) in [5, 5.41) is 0. The number of ether oxygens (including phenoxy) is 2. The molecule has 38 heavy (non-hydrogen) atoms. The van der Waals surface area contributed by atoms with Gasteiger partial charge in [-0.1, -0.05) is 34.6 Å². The predicted molar refractivity (Wildman–Crippen MR) is 168 cm³/mol. The predicted octanol–water partition coefficient (Wildman–Crippen LogP) is 7.22. The van der Waals surface area contributed by atoms with E-state index in [0.29, 0.717) is 5.54 Å². The maximum Gasteiger partial charge on any atom is 0.320 e. The second-order valence-corrected chi connectivity index (χ2v) is 34.8. The third-order valence-electron chi connectivity index (χ3n) is 7.96. The van der Waals surface area contributed by atoms with Crippen molar-refractivity contribution in [3.05, 3.63) is 0 Å². The van der Waals surface area contributed by atoms with Gasteiger partial charge in [-0.05, 0) is 94.3 Å². The van der Waals surface area contributed by atoms with Crippen LogP contribution in [0.2, 0.25) is 75.0 Å². The monoisotopic (exact) mass is 642 g/mol. The highest BCUT2D eigenvalue weighted by atomic mass is 28.5. The Morgan fingerprint density at radius 3 is 1.18 bits per heavy atom.